The molecule has 0 saturated carbocycles. The summed E-state index contributed by atoms with van der Waals surface area (Å²) in [6, 6.07) is -0.537. The largest absolute Gasteiger partial charge is 0.373 e. The lowest BCUT2D eigenvalue weighted by molar-refractivity contribution is -0.504. The van der Waals surface area contributed by atoms with Gasteiger partial charge in [-0.3, -0.25) is 19.7 Å². The van der Waals surface area contributed by atoms with E-state index >= 15 is 0 Å². The van der Waals surface area contributed by atoms with Gasteiger partial charge in [-0.25, -0.2) is 0 Å². The van der Waals surface area contributed by atoms with Crippen molar-refractivity contribution in [3.05, 3.63) is 46.6 Å². The topological polar surface area (TPSA) is 111 Å². The molecule has 0 fully saturated rings. The first kappa shape index (κ1) is 35.8. The minimum Gasteiger partial charge on any atom is -0.299 e. The van der Waals surface area contributed by atoms with Gasteiger partial charge in [-0.05, 0) is 32.3 Å². The van der Waals surface area contributed by atoms with Crippen LogP contribution in [0, 0.1) is 22.0 Å². The van der Waals surface area contributed by atoms with E-state index in [2.05, 4.69) is 13.8 Å². The number of nitrogens with zero attached hydrogens (tertiary/aromatic N) is 1. The molecule has 0 saturated heterocycles. The number of carbonyl (C=O) groups is 2. The van der Waals surface area contributed by atoms with Crippen LogP contribution in [0.2, 0.25) is 0 Å². The van der Waals surface area contributed by atoms with Crippen LogP contribution in [-0.4, -0.2) is 28.7 Å². The van der Waals surface area contributed by atoms with Gasteiger partial charge >= 0.3 is 6.15 Å². The summed E-state index contributed by atoms with van der Waals surface area (Å²) in [5, 5.41) is 9.96. The summed E-state index contributed by atoms with van der Waals surface area (Å²) < 4.78 is 0. The number of hydrogen-bond acceptors (Lipinski definition) is 6. The summed E-state index contributed by atoms with van der Waals surface area (Å²) in [6.45, 7) is 15.0. The monoisotopic (exact) mass is 439 g/mol. The molecule has 0 aliphatic rings. The summed E-state index contributed by atoms with van der Waals surface area (Å²) in [5.74, 6) is 0.777. The fourth-order valence-corrected chi connectivity index (χ4v) is 1.65. The van der Waals surface area contributed by atoms with E-state index in [1.54, 1.807) is 26.0 Å². The van der Waals surface area contributed by atoms with Gasteiger partial charge in [-0.1, -0.05) is 71.9 Å². The Balaban J connectivity index is -0.000000166. The van der Waals surface area contributed by atoms with Gasteiger partial charge < -0.3 is 0 Å². The van der Waals surface area contributed by atoms with Crippen LogP contribution in [0.1, 0.15) is 81.1 Å². The third kappa shape index (κ3) is 32.2. The molecule has 0 radical (unpaired) electrons. The standard InChI is InChI=1S/C9H16O.C8H14O.C6H11NO2.CO2/c1-4-6-7-8(3)9(10)5-2;1-4-5-6-7(2)8(3)9;1-3-4-5-6(2)7(8)9;2-1-3/h6-8H,4-5H2,1-3H3;5-7H,4H2,1-3H3;4-6H,3H2,1-2H3;/b7-6-;6-5-;5-4-;. The molecule has 0 aliphatic carbocycles. The molecule has 0 amide bonds. The molecule has 31 heavy (non-hydrogen) atoms. The normalized spacial score (nSPS) is 12.9. The predicted molar refractivity (Wildman–Crippen MR) is 124 cm³/mol. The second kappa shape index (κ2) is 27.3. The van der Waals surface area contributed by atoms with Crippen molar-refractivity contribution in [2.45, 2.75) is 87.1 Å². The van der Waals surface area contributed by atoms with Crippen molar-refractivity contribution < 1.29 is 24.1 Å². The molecule has 0 aromatic heterocycles. The average Bonchev–Trinajstić information content (AvgIpc) is 2.74. The molecular weight excluding hydrogens is 398 g/mol. The first-order chi connectivity index (χ1) is 14.5. The minimum absolute atomic E-state index is 0.102. The number of Topliss-reactive ketones (excluding diaryl/α,β-unsaturated/α-hetero) is 2. The van der Waals surface area contributed by atoms with Gasteiger partial charge in [-0.2, -0.15) is 9.59 Å². The Kier molecular flexibility index (Phi) is 31.5. The van der Waals surface area contributed by atoms with Gasteiger partial charge in [0, 0.05) is 30.1 Å². The Morgan fingerprint density at radius 2 is 1.19 bits per heavy atom. The number of ketones is 2. The lowest BCUT2D eigenvalue weighted by Crippen LogP contribution is -2.10. The summed E-state index contributed by atoms with van der Waals surface area (Å²) in [7, 11) is 0. The van der Waals surface area contributed by atoms with Gasteiger partial charge in [0.2, 0.25) is 6.04 Å². The molecule has 0 aliphatic heterocycles. The molecule has 0 spiro atoms. The van der Waals surface area contributed by atoms with Crippen LogP contribution in [0.5, 0.6) is 0 Å². The van der Waals surface area contributed by atoms with Crippen molar-refractivity contribution in [2.75, 3.05) is 0 Å². The molecule has 0 aromatic rings. The third-order valence-corrected chi connectivity index (χ3v) is 3.80. The molecule has 3 unspecified atom stereocenters. The number of rotatable bonds is 10. The Bertz CT molecular complexity index is 557. The molecule has 0 bridgehead atoms. The first-order valence-electron chi connectivity index (χ1n) is 10.7. The van der Waals surface area contributed by atoms with Crippen LogP contribution >= 0.6 is 0 Å². The van der Waals surface area contributed by atoms with Crippen molar-refractivity contribution in [1.29, 1.82) is 0 Å². The van der Waals surface area contributed by atoms with E-state index in [4.69, 9.17) is 9.59 Å². The van der Waals surface area contributed by atoms with Crippen molar-refractivity contribution in [3.63, 3.8) is 0 Å². The zero-order valence-electron chi connectivity index (χ0n) is 20.4. The van der Waals surface area contributed by atoms with Gasteiger partial charge in [0.25, 0.3) is 0 Å². The zero-order chi connectivity index (χ0) is 25.2. The zero-order valence-corrected chi connectivity index (χ0v) is 20.4. The summed E-state index contributed by atoms with van der Waals surface area (Å²) >= 11 is 0. The molecule has 0 rings (SSSR count). The first-order valence-corrected chi connectivity index (χ1v) is 10.7. The van der Waals surface area contributed by atoms with Crippen molar-refractivity contribution in [1.82, 2.24) is 0 Å². The van der Waals surface area contributed by atoms with E-state index in [1.807, 2.05) is 52.0 Å². The maximum absolute atomic E-state index is 11.0. The Morgan fingerprint density at radius 1 is 0.839 bits per heavy atom. The van der Waals surface area contributed by atoms with Crippen molar-refractivity contribution >= 4 is 17.7 Å². The summed E-state index contributed by atoms with van der Waals surface area (Å²) in [6.07, 6.45) is 15.2. The molecule has 3 atom stereocenters. The molecular formula is C24H41NO6. The van der Waals surface area contributed by atoms with Gasteiger partial charge in [-0.15, -0.1) is 0 Å². The summed E-state index contributed by atoms with van der Waals surface area (Å²) in [5.41, 5.74) is 0. The highest BCUT2D eigenvalue weighted by molar-refractivity contribution is 5.81. The van der Waals surface area contributed by atoms with Crippen LogP contribution in [0.4, 0.5) is 0 Å². The highest BCUT2D eigenvalue weighted by Gasteiger charge is 2.05. The highest BCUT2D eigenvalue weighted by Crippen LogP contribution is 2.02. The molecule has 0 aromatic carbocycles. The van der Waals surface area contributed by atoms with Crippen molar-refractivity contribution in [2.24, 2.45) is 11.8 Å². The van der Waals surface area contributed by atoms with Gasteiger partial charge in [0.05, 0.1) is 0 Å². The minimum atomic E-state index is -0.537. The predicted octanol–water partition coefficient (Wildman–Crippen LogP) is 5.78. The maximum Gasteiger partial charge on any atom is 0.373 e. The quantitative estimate of drug-likeness (QED) is 0.242. The molecule has 0 N–H and O–H groups in total. The van der Waals surface area contributed by atoms with Crippen LogP contribution in [0.3, 0.4) is 0 Å². The second-order valence-corrected chi connectivity index (χ2v) is 6.63. The van der Waals surface area contributed by atoms with Gasteiger partial charge in [0.1, 0.15) is 11.6 Å². The molecule has 7 nitrogen and oxygen atoms in total. The van der Waals surface area contributed by atoms with Crippen LogP contribution < -0.4 is 0 Å². The molecule has 178 valence electrons. The number of hydrogen-bond donors (Lipinski definition) is 0. The van der Waals surface area contributed by atoms with E-state index < -0.39 is 6.04 Å². The van der Waals surface area contributed by atoms with E-state index in [1.165, 1.54) is 0 Å². The third-order valence-electron chi connectivity index (χ3n) is 3.80. The van der Waals surface area contributed by atoms with Crippen LogP contribution in [0.25, 0.3) is 0 Å². The average molecular weight is 440 g/mol. The van der Waals surface area contributed by atoms with Gasteiger partial charge in [0.15, 0.2) is 0 Å². The van der Waals surface area contributed by atoms with Crippen molar-refractivity contribution in [3.8, 4) is 0 Å². The Morgan fingerprint density at radius 3 is 1.48 bits per heavy atom. The van der Waals surface area contributed by atoms with Crippen LogP contribution in [-0.2, 0) is 19.2 Å². The second-order valence-electron chi connectivity index (χ2n) is 6.63. The fraction of sp³-hybridized carbons (Fsp3) is 0.625. The number of allylic oxidation sites excluding steroid dienone is 5. The Labute approximate surface area is 187 Å². The SMILES string of the molecule is CC/C=C\C(C)C(=O)CC.CC/C=C\C(C)C(C)=O.CC/C=C\C(C)[N+](=O)[O-].O=C=O. The smallest absolute Gasteiger partial charge is 0.299 e. The summed E-state index contributed by atoms with van der Waals surface area (Å²) in [4.78, 5) is 47.5. The van der Waals surface area contributed by atoms with E-state index in [-0.39, 0.29) is 28.7 Å². The fourth-order valence-electron chi connectivity index (χ4n) is 1.65. The lowest BCUT2D eigenvalue weighted by atomic mass is 10.0. The molecule has 7 heteroatoms. The highest BCUT2D eigenvalue weighted by atomic mass is 16.6. The molecule has 0 heterocycles. The lowest BCUT2D eigenvalue weighted by Gasteiger charge is -2.00. The van der Waals surface area contributed by atoms with E-state index in [0.29, 0.717) is 12.2 Å². The van der Waals surface area contributed by atoms with E-state index in [9.17, 15) is 19.7 Å². The number of nitro groups is 1. The van der Waals surface area contributed by atoms with Crippen LogP contribution in [0.15, 0.2) is 36.5 Å². The maximum atomic E-state index is 11.0. The number of carbonyl (C=O) groups excluding carboxylic acids is 4. The Hall–Kier alpha value is -2.66. The van der Waals surface area contributed by atoms with E-state index in [0.717, 1.165) is 19.3 Å².